The van der Waals surface area contributed by atoms with E-state index in [4.69, 9.17) is 4.52 Å². The number of nitrogens with zero attached hydrogens (tertiary/aromatic N) is 3. The zero-order valence-corrected chi connectivity index (χ0v) is 12.4. The van der Waals surface area contributed by atoms with E-state index >= 15 is 0 Å². The van der Waals surface area contributed by atoms with Gasteiger partial charge in [-0.1, -0.05) is 5.16 Å². The van der Waals surface area contributed by atoms with Gasteiger partial charge in [0.1, 0.15) is 5.65 Å². The van der Waals surface area contributed by atoms with Gasteiger partial charge in [-0.25, -0.2) is 4.98 Å². The standard InChI is InChI=1S/C13H7BrN4OS/c14-9-4-10(20-6-9)12-17-13(19-18-12)8-3-7-1-2-15-11(7)16-5-8/h1-6H,(H,15,16). The average Bonchev–Trinajstić information content (AvgIpc) is 3.17. The van der Waals surface area contributed by atoms with Crippen LogP contribution in [-0.4, -0.2) is 20.1 Å². The fraction of sp³-hybridized carbons (Fsp3) is 0. The van der Waals surface area contributed by atoms with Crippen molar-refractivity contribution in [2.45, 2.75) is 0 Å². The third kappa shape index (κ3) is 1.95. The second kappa shape index (κ2) is 4.53. The van der Waals surface area contributed by atoms with Crippen molar-refractivity contribution in [3.8, 4) is 22.2 Å². The number of aromatic nitrogens is 4. The summed E-state index contributed by atoms with van der Waals surface area (Å²) in [4.78, 5) is 12.7. The quantitative estimate of drug-likeness (QED) is 0.593. The Kier molecular flexibility index (Phi) is 2.68. The minimum atomic E-state index is 0.472. The average molecular weight is 347 g/mol. The maximum atomic E-state index is 5.32. The molecular formula is C13H7BrN4OS. The Bertz CT molecular complexity index is 894. The molecule has 0 bridgehead atoms. The lowest BCUT2D eigenvalue weighted by molar-refractivity contribution is 0.432. The van der Waals surface area contributed by atoms with Crippen LogP contribution in [-0.2, 0) is 0 Å². The topological polar surface area (TPSA) is 67.6 Å². The van der Waals surface area contributed by atoms with Crippen molar-refractivity contribution in [3.05, 3.63) is 40.4 Å². The number of aromatic amines is 1. The van der Waals surface area contributed by atoms with E-state index in [9.17, 15) is 0 Å². The third-order valence-electron chi connectivity index (χ3n) is 2.86. The molecule has 0 radical (unpaired) electrons. The van der Waals surface area contributed by atoms with Crippen molar-refractivity contribution in [2.75, 3.05) is 0 Å². The van der Waals surface area contributed by atoms with Gasteiger partial charge in [0.05, 0.1) is 10.4 Å². The van der Waals surface area contributed by atoms with Crippen LogP contribution in [0.3, 0.4) is 0 Å². The lowest BCUT2D eigenvalue weighted by Crippen LogP contribution is -1.82. The first-order valence-electron chi connectivity index (χ1n) is 5.81. The first-order valence-corrected chi connectivity index (χ1v) is 7.48. The molecule has 0 unspecified atom stereocenters. The summed E-state index contributed by atoms with van der Waals surface area (Å²) in [6.07, 6.45) is 3.57. The highest BCUT2D eigenvalue weighted by atomic mass is 79.9. The van der Waals surface area contributed by atoms with Crippen molar-refractivity contribution >= 4 is 38.3 Å². The predicted octanol–water partition coefficient (Wildman–Crippen LogP) is 4.10. The van der Waals surface area contributed by atoms with Crippen molar-refractivity contribution < 1.29 is 4.52 Å². The van der Waals surface area contributed by atoms with Crippen LogP contribution >= 0.6 is 27.3 Å². The third-order valence-corrected chi connectivity index (χ3v) is 4.55. The monoisotopic (exact) mass is 346 g/mol. The van der Waals surface area contributed by atoms with E-state index in [1.54, 1.807) is 17.5 Å². The molecule has 0 saturated heterocycles. The fourth-order valence-electron chi connectivity index (χ4n) is 1.93. The highest BCUT2D eigenvalue weighted by Gasteiger charge is 2.13. The van der Waals surface area contributed by atoms with E-state index in [2.05, 4.69) is 36.0 Å². The van der Waals surface area contributed by atoms with Crippen LogP contribution in [0.4, 0.5) is 0 Å². The zero-order chi connectivity index (χ0) is 13.5. The number of nitrogens with one attached hydrogen (secondary N) is 1. The van der Waals surface area contributed by atoms with E-state index < -0.39 is 0 Å². The Balaban J connectivity index is 1.77. The molecule has 5 nitrogen and oxygen atoms in total. The summed E-state index contributed by atoms with van der Waals surface area (Å²) in [5.74, 6) is 1.06. The maximum absolute atomic E-state index is 5.32. The second-order valence-corrected chi connectivity index (χ2v) is 6.02. The van der Waals surface area contributed by atoms with Gasteiger partial charge in [0.15, 0.2) is 0 Å². The molecule has 0 atom stereocenters. The molecule has 20 heavy (non-hydrogen) atoms. The normalized spacial score (nSPS) is 11.2. The minimum absolute atomic E-state index is 0.472. The van der Waals surface area contributed by atoms with Gasteiger partial charge in [0.2, 0.25) is 5.82 Å². The number of hydrogen-bond acceptors (Lipinski definition) is 5. The summed E-state index contributed by atoms with van der Waals surface area (Å²) >= 11 is 4.98. The van der Waals surface area contributed by atoms with Crippen molar-refractivity contribution in [3.63, 3.8) is 0 Å². The summed E-state index contributed by atoms with van der Waals surface area (Å²) in [6, 6.07) is 5.90. The van der Waals surface area contributed by atoms with Crippen LogP contribution in [0.5, 0.6) is 0 Å². The molecule has 4 heterocycles. The SMILES string of the molecule is Brc1csc(-c2noc(-c3cnc4[nH]ccc4c3)n2)c1. The maximum Gasteiger partial charge on any atom is 0.259 e. The van der Waals surface area contributed by atoms with Gasteiger partial charge in [-0.05, 0) is 34.1 Å². The van der Waals surface area contributed by atoms with E-state index in [-0.39, 0.29) is 0 Å². The molecular weight excluding hydrogens is 340 g/mol. The Morgan fingerprint density at radius 1 is 1.30 bits per heavy atom. The minimum Gasteiger partial charge on any atom is -0.346 e. The molecule has 4 aromatic rings. The largest absolute Gasteiger partial charge is 0.346 e. The van der Waals surface area contributed by atoms with Crippen LogP contribution < -0.4 is 0 Å². The fourth-order valence-corrected chi connectivity index (χ4v) is 3.28. The number of rotatable bonds is 2. The number of H-pyrrole nitrogens is 1. The highest BCUT2D eigenvalue weighted by Crippen LogP contribution is 2.29. The van der Waals surface area contributed by atoms with Crippen LogP contribution in [0.1, 0.15) is 0 Å². The molecule has 0 saturated carbocycles. The van der Waals surface area contributed by atoms with Crippen molar-refractivity contribution in [1.29, 1.82) is 0 Å². The number of thiophene rings is 1. The van der Waals surface area contributed by atoms with Crippen LogP contribution in [0, 0.1) is 0 Å². The summed E-state index contributed by atoms with van der Waals surface area (Å²) in [6.45, 7) is 0. The van der Waals surface area contributed by atoms with Gasteiger partial charge in [-0.15, -0.1) is 11.3 Å². The summed E-state index contributed by atoms with van der Waals surface area (Å²) in [7, 11) is 0. The van der Waals surface area contributed by atoms with Crippen LogP contribution in [0.15, 0.2) is 45.0 Å². The lowest BCUT2D eigenvalue weighted by atomic mass is 10.2. The first kappa shape index (κ1) is 11.8. The number of hydrogen-bond donors (Lipinski definition) is 1. The van der Waals surface area contributed by atoms with Gasteiger partial charge in [-0.3, -0.25) is 0 Å². The Morgan fingerprint density at radius 2 is 2.25 bits per heavy atom. The molecule has 0 aliphatic carbocycles. The van der Waals surface area contributed by atoms with Crippen LogP contribution in [0.25, 0.3) is 33.2 Å². The molecule has 0 fully saturated rings. The molecule has 98 valence electrons. The molecule has 0 aromatic carbocycles. The van der Waals surface area contributed by atoms with E-state index in [1.807, 2.05) is 29.8 Å². The van der Waals surface area contributed by atoms with Crippen molar-refractivity contribution in [1.82, 2.24) is 20.1 Å². The molecule has 7 heteroatoms. The first-order chi connectivity index (χ1) is 9.79. The van der Waals surface area contributed by atoms with E-state index in [1.165, 1.54) is 0 Å². The molecule has 4 rings (SSSR count). The number of pyridine rings is 1. The summed E-state index contributed by atoms with van der Waals surface area (Å²) in [5.41, 5.74) is 1.65. The molecule has 0 aliphatic heterocycles. The molecule has 4 aromatic heterocycles. The Hall–Kier alpha value is -1.99. The Labute approximate surface area is 125 Å². The smallest absolute Gasteiger partial charge is 0.259 e. The van der Waals surface area contributed by atoms with Gasteiger partial charge in [0.25, 0.3) is 5.89 Å². The highest BCUT2D eigenvalue weighted by molar-refractivity contribution is 9.10. The Morgan fingerprint density at radius 3 is 3.10 bits per heavy atom. The zero-order valence-electron chi connectivity index (χ0n) is 10.0. The predicted molar refractivity (Wildman–Crippen MR) is 80.4 cm³/mol. The van der Waals surface area contributed by atoms with E-state index in [0.29, 0.717) is 11.7 Å². The van der Waals surface area contributed by atoms with E-state index in [0.717, 1.165) is 25.9 Å². The molecule has 0 aliphatic rings. The second-order valence-electron chi connectivity index (χ2n) is 4.19. The number of fused-ring (bicyclic) bond motifs is 1. The summed E-state index contributed by atoms with van der Waals surface area (Å²) in [5, 5.41) is 7.01. The van der Waals surface area contributed by atoms with Gasteiger partial charge < -0.3 is 9.51 Å². The molecule has 0 spiro atoms. The van der Waals surface area contributed by atoms with Gasteiger partial charge >= 0.3 is 0 Å². The van der Waals surface area contributed by atoms with Gasteiger partial charge in [0, 0.05) is 27.6 Å². The molecule has 0 amide bonds. The summed E-state index contributed by atoms with van der Waals surface area (Å²) < 4.78 is 6.33. The molecule has 1 N–H and O–H groups in total. The van der Waals surface area contributed by atoms with Crippen LogP contribution in [0.2, 0.25) is 0 Å². The lowest BCUT2D eigenvalue weighted by Gasteiger charge is -1.93. The van der Waals surface area contributed by atoms with Crippen molar-refractivity contribution in [2.24, 2.45) is 0 Å². The number of halogens is 1. The van der Waals surface area contributed by atoms with Gasteiger partial charge in [-0.2, -0.15) is 4.98 Å².